The summed E-state index contributed by atoms with van der Waals surface area (Å²) in [5.74, 6) is 1.71. The largest absolute Gasteiger partial charge is 0.348 e. The fourth-order valence-electron chi connectivity index (χ4n) is 2.36. The van der Waals surface area contributed by atoms with Crippen molar-refractivity contribution < 1.29 is 9.32 Å². The van der Waals surface area contributed by atoms with Crippen molar-refractivity contribution in [2.75, 3.05) is 13.1 Å². The van der Waals surface area contributed by atoms with Gasteiger partial charge in [0.1, 0.15) is 0 Å². The lowest BCUT2D eigenvalue weighted by Crippen LogP contribution is -2.36. The van der Waals surface area contributed by atoms with E-state index in [2.05, 4.69) is 20.8 Å². The fourth-order valence-corrected chi connectivity index (χ4v) is 3.25. The number of hydrogen-bond acceptors (Lipinski definition) is 6. The Kier molecular flexibility index (Phi) is 4.74. The zero-order chi connectivity index (χ0) is 15.4. The molecule has 1 aromatic heterocycles. The SMILES string of the molecule is Cc1noc(CSc2ccccc2C(=O)NC2CCNC2)n1. The van der Waals surface area contributed by atoms with Crippen LogP contribution >= 0.6 is 11.8 Å². The molecule has 1 atom stereocenters. The Morgan fingerprint density at radius 2 is 2.36 bits per heavy atom. The predicted molar refractivity (Wildman–Crippen MR) is 83.8 cm³/mol. The van der Waals surface area contributed by atoms with Crippen LogP contribution in [0.4, 0.5) is 0 Å². The number of benzene rings is 1. The van der Waals surface area contributed by atoms with Crippen molar-refractivity contribution in [3.05, 3.63) is 41.5 Å². The molecule has 1 saturated heterocycles. The van der Waals surface area contributed by atoms with Gasteiger partial charge in [-0.15, -0.1) is 11.8 Å². The number of nitrogens with zero attached hydrogens (tertiary/aromatic N) is 2. The number of thioether (sulfide) groups is 1. The second kappa shape index (κ2) is 6.93. The molecule has 1 unspecified atom stereocenters. The Labute approximate surface area is 133 Å². The molecule has 1 fully saturated rings. The molecule has 1 aromatic carbocycles. The highest BCUT2D eigenvalue weighted by Crippen LogP contribution is 2.26. The van der Waals surface area contributed by atoms with E-state index >= 15 is 0 Å². The van der Waals surface area contributed by atoms with Crippen LogP contribution in [0.1, 0.15) is 28.5 Å². The molecule has 2 aromatic rings. The van der Waals surface area contributed by atoms with Gasteiger partial charge in [0, 0.05) is 17.5 Å². The third-order valence-corrected chi connectivity index (χ3v) is 4.51. The maximum Gasteiger partial charge on any atom is 0.252 e. The van der Waals surface area contributed by atoms with Gasteiger partial charge < -0.3 is 15.2 Å². The summed E-state index contributed by atoms with van der Waals surface area (Å²) in [7, 11) is 0. The van der Waals surface area contributed by atoms with Crippen LogP contribution < -0.4 is 10.6 Å². The minimum atomic E-state index is -0.0292. The van der Waals surface area contributed by atoms with Crippen LogP contribution in [0.15, 0.2) is 33.7 Å². The van der Waals surface area contributed by atoms with Crippen molar-refractivity contribution in [3.8, 4) is 0 Å². The maximum atomic E-state index is 12.4. The second-order valence-electron chi connectivity index (χ2n) is 5.18. The zero-order valence-electron chi connectivity index (χ0n) is 12.3. The monoisotopic (exact) mass is 318 g/mol. The van der Waals surface area contributed by atoms with Gasteiger partial charge in [-0.2, -0.15) is 4.98 Å². The smallest absolute Gasteiger partial charge is 0.252 e. The van der Waals surface area contributed by atoms with Gasteiger partial charge in [0.15, 0.2) is 5.82 Å². The molecule has 3 rings (SSSR count). The Balaban J connectivity index is 1.67. The van der Waals surface area contributed by atoms with Gasteiger partial charge in [0.05, 0.1) is 11.3 Å². The molecule has 116 valence electrons. The number of rotatable bonds is 5. The van der Waals surface area contributed by atoms with Gasteiger partial charge in [0.2, 0.25) is 5.89 Å². The highest BCUT2D eigenvalue weighted by atomic mass is 32.2. The molecule has 1 aliphatic heterocycles. The third kappa shape index (κ3) is 3.66. The van der Waals surface area contributed by atoms with Crippen molar-refractivity contribution in [2.45, 2.75) is 30.0 Å². The molecular formula is C15H18N4O2S. The molecule has 7 heteroatoms. The molecule has 0 bridgehead atoms. The van der Waals surface area contributed by atoms with Gasteiger partial charge in [-0.25, -0.2) is 0 Å². The Bertz CT molecular complexity index is 652. The molecular weight excluding hydrogens is 300 g/mol. The second-order valence-corrected chi connectivity index (χ2v) is 6.20. The van der Waals surface area contributed by atoms with E-state index in [1.54, 1.807) is 6.92 Å². The van der Waals surface area contributed by atoms with Crippen LogP contribution in [0.2, 0.25) is 0 Å². The van der Waals surface area contributed by atoms with Crippen LogP contribution in [-0.2, 0) is 5.75 Å². The van der Waals surface area contributed by atoms with Crippen LogP contribution in [0.25, 0.3) is 0 Å². The number of aryl methyl sites for hydroxylation is 1. The van der Waals surface area contributed by atoms with Crippen molar-refractivity contribution in [1.82, 2.24) is 20.8 Å². The summed E-state index contributed by atoms with van der Waals surface area (Å²) in [6.45, 7) is 3.58. The first-order valence-corrected chi connectivity index (χ1v) is 8.23. The first-order valence-electron chi connectivity index (χ1n) is 7.25. The Morgan fingerprint density at radius 1 is 1.50 bits per heavy atom. The first kappa shape index (κ1) is 15.1. The Morgan fingerprint density at radius 3 is 3.09 bits per heavy atom. The maximum absolute atomic E-state index is 12.4. The van der Waals surface area contributed by atoms with Gasteiger partial charge in [-0.3, -0.25) is 4.79 Å². The summed E-state index contributed by atoms with van der Waals surface area (Å²) in [5.41, 5.74) is 0.690. The van der Waals surface area contributed by atoms with E-state index in [0.29, 0.717) is 23.0 Å². The molecule has 2 N–H and O–H groups in total. The number of aromatic nitrogens is 2. The van der Waals surface area contributed by atoms with E-state index in [4.69, 9.17) is 4.52 Å². The number of carbonyl (C=O) groups excluding carboxylic acids is 1. The van der Waals surface area contributed by atoms with Gasteiger partial charge >= 0.3 is 0 Å². The molecule has 2 heterocycles. The topological polar surface area (TPSA) is 80.0 Å². The summed E-state index contributed by atoms with van der Waals surface area (Å²) >= 11 is 1.53. The minimum absolute atomic E-state index is 0.0292. The van der Waals surface area contributed by atoms with Crippen LogP contribution in [-0.4, -0.2) is 35.2 Å². The molecule has 0 aliphatic carbocycles. The highest BCUT2D eigenvalue weighted by molar-refractivity contribution is 7.98. The third-order valence-electron chi connectivity index (χ3n) is 3.45. The van der Waals surface area contributed by atoms with Gasteiger partial charge in [0.25, 0.3) is 5.91 Å². The fraction of sp³-hybridized carbons (Fsp3) is 0.400. The summed E-state index contributed by atoms with van der Waals surface area (Å²) in [5, 5.41) is 10.1. The molecule has 0 saturated carbocycles. The van der Waals surface area contributed by atoms with Gasteiger partial charge in [-0.05, 0) is 32.0 Å². The lowest BCUT2D eigenvalue weighted by atomic mass is 10.2. The predicted octanol–water partition coefficient (Wildman–Crippen LogP) is 1.76. The molecule has 1 aliphatic rings. The summed E-state index contributed by atoms with van der Waals surface area (Å²) in [4.78, 5) is 17.5. The average molecular weight is 318 g/mol. The molecule has 22 heavy (non-hydrogen) atoms. The van der Waals surface area contributed by atoms with E-state index in [0.717, 1.165) is 24.4 Å². The van der Waals surface area contributed by atoms with E-state index in [1.807, 2.05) is 24.3 Å². The van der Waals surface area contributed by atoms with Crippen LogP contribution in [0, 0.1) is 6.92 Å². The molecule has 0 spiro atoms. The normalized spacial score (nSPS) is 17.6. The van der Waals surface area contributed by atoms with Crippen molar-refractivity contribution in [2.24, 2.45) is 0 Å². The number of amides is 1. The lowest BCUT2D eigenvalue weighted by Gasteiger charge is -2.13. The number of hydrogen-bond donors (Lipinski definition) is 2. The zero-order valence-corrected chi connectivity index (χ0v) is 13.2. The number of carbonyl (C=O) groups is 1. The van der Waals surface area contributed by atoms with Crippen molar-refractivity contribution in [1.29, 1.82) is 0 Å². The lowest BCUT2D eigenvalue weighted by molar-refractivity contribution is 0.0937. The number of nitrogens with one attached hydrogen (secondary N) is 2. The molecule has 6 nitrogen and oxygen atoms in total. The standard InChI is InChI=1S/C15H18N4O2S/c1-10-17-14(21-19-10)9-22-13-5-3-2-4-12(13)15(20)18-11-6-7-16-8-11/h2-5,11,16H,6-9H2,1H3,(H,18,20). The van der Waals surface area contributed by atoms with E-state index < -0.39 is 0 Å². The molecule has 0 radical (unpaired) electrons. The minimum Gasteiger partial charge on any atom is -0.348 e. The van der Waals surface area contributed by atoms with E-state index in [-0.39, 0.29) is 11.9 Å². The van der Waals surface area contributed by atoms with E-state index in [9.17, 15) is 4.79 Å². The van der Waals surface area contributed by atoms with Crippen molar-refractivity contribution in [3.63, 3.8) is 0 Å². The Hall–Kier alpha value is -1.86. The average Bonchev–Trinajstić information content (AvgIpc) is 3.17. The van der Waals surface area contributed by atoms with Crippen LogP contribution in [0.3, 0.4) is 0 Å². The summed E-state index contributed by atoms with van der Waals surface area (Å²) < 4.78 is 5.10. The molecule has 1 amide bonds. The quantitative estimate of drug-likeness (QED) is 0.818. The summed E-state index contributed by atoms with van der Waals surface area (Å²) in [6.07, 6.45) is 0.975. The van der Waals surface area contributed by atoms with Gasteiger partial charge in [-0.1, -0.05) is 17.3 Å². The van der Waals surface area contributed by atoms with Crippen molar-refractivity contribution >= 4 is 17.7 Å². The van der Waals surface area contributed by atoms with E-state index in [1.165, 1.54) is 11.8 Å². The summed E-state index contributed by atoms with van der Waals surface area (Å²) in [6, 6.07) is 7.80. The van der Waals surface area contributed by atoms with Crippen LogP contribution in [0.5, 0.6) is 0 Å². The highest BCUT2D eigenvalue weighted by Gasteiger charge is 2.19. The first-order chi connectivity index (χ1) is 10.7.